The minimum atomic E-state index is -0.857. The van der Waals surface area contributed by atoms with Crippen LogP contribution in [0.3, 0.4) is 0 Å². The number of nitrogens with one attached hydrogen (secondary N) is 1. The van der Waals surface area contributed by atoms with Gasteiger partial charge in [-0.1, -0.05) is 29.8 Å². The lowest BCUT2D eigenvalue weighted by atomic mass is 10.1. The van der Waals surface area contributed by atoms with E-state index in [0.717, 1.165) is 5.56 Å². The molecule has 1 amide bonds. The van der Waals surface area contributed by atoms with Crippen LogP contribution in [-0.2, 0) is 16.1 Å². The molecule has 0 aliphatic rings. The molecular weight excluding hydrogens is 280 g/mol. The van der Waals surface area contributed by atoms with Crippen LogP contribution in [0, 0.1) is 0 Å². The first-order valence-corrected chi connectivity index (χ1v) is 6.75. The van der Waals surface area contributed by atoms with Crippen molar-refractivity contribution in [2.75, 3.05) is 13.2 Å². The summed E-state index contributed by atoms with van der Waals surface area (Å²) in [5, 5.41) is 13.3. The lowest BCUT2D eigenvalue weighted by molar-refractivity contribution is -0.123. The zero-order valence-corrected chi connectivity index (χ0v) is 12.5. The Labute approximate surface area is 124 Å². The van der Waals surface area contributed by atoms with Gasteiger partial charge in [-0.3, -0.25) is 4.79 Å². The minimum absolute atomic E-state index is 0.146. The summed E-state index contributed by atoms with van der Waals surface area (Å²) in [6.45, 7) is 4.01. The van der Waals surface area contributed by atoms with E-state index in [1.807, 2.05) is 18.2 Å². The van der Waals surface area contributed by atoms with Gasteiger partial charge in [0, 0.05) is 11.6 Å². The van der Waals surface area contributed by atoms with Crippen molar-refractivity contribution in [3.63, 3.8) is 0 Å². The van der Waals surface area contributed by atoms with Crippen molar-refractivity contribution < 1.29 is 14.6 Å². The molecule has 0 heterocycles. The SMILES string of the molecule is CC(C)(NCC(O)COCc1ccccc1Cl)C(N)=O. The van der Waals surface area contributed by atoms with Crippen LogP contribution in [0.15, 0.2) is 24.3 Å². The Bertz CT molecular complexity index is 452. The van der Waals surface area contributed by atoms with Crippen molar-refractivity contribution >= 4 is 17.5 Å². The molecule has 0 spiro atoms. The van der Waals surface area contributed by atoms with E-state index in [9.17, 15) is 9.90 Å². The highest BCUT2D eigenvalue weighted by molar-refractivity contribution is 6.31. The molecule has 1 atom stereocenters. The van der Waals surface area contributed by atoms with Crippen LogP contribution in [0.25, 0.3) is 0 Å². The van der Waals surface area contributed by atoms with E-state index in [1.165, 1.54) is 0 Å². The smallest absolute Gasteiger partial charge is 0.237 e. The molecule has 5 nitrogen and oxygen atoms in total. The number of carbonyl (C=O) groups excluding carboxylic acids is 1. The van der Waals surface area contributed by atoms with Crippen molar-refractivity contribution in [2.45, 2.75) is 32.1 Å². The summed E-state index contributed by atoms with van der Waals surface area (Å²) < 4.78 is 5.40. The van der Waals surface area contributed by atoms with E-state index in [-0.39, 0.29) is 13.2 Å². The number of primary amides is 1. The van der Waals surface area contributed by atoms with Crippen LogP contribution in [0.1, 0.15) is 19.4 Å². The fourth-order valence-corrected chi connectivity index (χ4v) is 1.63. The van der Waals surface area contributed by atoms with Gasteiger partial charge in [-0.05, 0) is 25.5 Å². The van der Waals surface area contributed by atoms with Crippen molar-refractivity contribution in [3.05, 3.63) is 34.9 Å². The second-order valence-electron chi connectivity index (χ2n) is 5.13. The van der Waals surface area contributed by atoms with Gasteiger partial charge < -0.3 is 20.9 Å². The molecule has 112 valence electrons. The van der Waals surface area contributed by atoms with Crippen molar-refractivity contribution in [3.8, 4) is 0 Å². The minimum Gasteiger partial charge on any atom is -0.389 e. The number of ether oxygens (including phenoxy) is 1. The summed E-state index contributed by atoms with van der Waals surface area (Å²) in [7, 11) is 0. The van der Waals surface area contributed by atoms with Crippen LogP contribution < -0.4 is 11.1 Å². The van der Waals surface area contributed by atoms with E-state index < -0.39 is 17.6 Å². The molecule has 0 saturated carbocycles. The van der Waals surface area contributed by atoms with E-state index in [0.29, 0.717) is 11.6 Å². The van der Waals surface area contributed by atoms with Gasteiger partial charge in [-0.25, -0.2) is 0 Å². The Hall–Kier alpha value is -1.14. The first kappa shape index (κ1) is 16.9. The van der Waals surface area contributed by atoms with Crippen molar-refractivity contribution in [1.82, 2.24) is 5.32 Å². The monoisotopic (exact) mass is 300 g/mol. The predicted octanol–water partition coefficient (Wildman–Crippen LogP) is 1.07. The molecule has 1 aromatic rings. The van der Waals surface area contributed by atoms with Gasteiger partial charge in [0.25, 0.3) is 0 Å². The maximum atomic E-state index is 11.1. The topological polar surface area (TPSA) is 84.6 Å². The van der Waals surface area contributed by atoms with E-state index in [1.54, 1.807) is 19.9 Å². The normalized spacial score (nSPS) is 13.2. The number of aliphatic hydroxyl groups excluding tert-OH is 1. The summed E-state index contributed by atoms with van der Waals surface area (Å²) in [6.07, 6.45) is -0.726. The summed E-state index contributed by atoms with van der Waals surface area (Å²) in [4.78, 5) is 11.1. The lowest BCUT2D eigenvalue weighted by Crippen LogP contribution is -2.53. The number of hydrogen-bond acceptors (Lipinski definition) is 4. The maximum absolute atomic E-state index is 11.1. The number of rotatable bonds is 8. The van der Waals surface area contributed by atoms with Gasteiger partial charge in [0.1, 0.15) is 0 Å². The molecule has 0 fully saturated rings. The van der Waals surface area contributed by atoms with E-state index in [4.69, 9.17) is 22.1 Å². The van der Waals surface area contributed by atoms with Crippen molar-refractivity contribution in [2.24, 2.45) is 5.73 Å². The Kier molecular flexibility index (Phi) is 6.42. The molecule has 0 aliphatic carbocycles. The molecule has 6 heteroatoms. The fraction of sp³-hybridized carbons (Fsp3) is 0.500. The number of nitrogens with two attached hydrogens (primary N) is 1. The Morgan fingerprint density at radius 3 is 2.75 bits per heavy atom. The average Bonchev–Trinajstić information content (AvgIpc) is 2.38. The molecule has 0 aliphatic heterocycles. The largest absolute Gasteiger partial charge is 0.389 e. The third-order valence-electron chi connectivity index (χ3n) is 2.92. The molecule has 4 N–H and O–H groups in total. The number of β-amino-alcohol motifs (C(OH)–C–C–N with tert-alkyl or cyclic N) is 1. The molecule has 1 unspecified atom stereocenters. The molecule has 0 aromatic heterocycles. The summed E-state index contributed by atoms with van der Waals surface area (Å²) in [5.74, 6) is -0.471. The Morgan fingerprint density at radius 1 is 1.50 bits per heavy atom. The number of benzene rings is 1. The molecule has 0 bridgehead atoms. The van der Waals surface area contributed by atoms with E-state index >= 15 is 0 Å². The van der Waals surface area contributed by atoms with Crippen LogP contribution in [0.5, 0.6) is 0 Å². The van der Waals surface area contributed by atoms with Gasteiger partial charge in [0.2, 0.25) is 5.91 Å². The second kappa shape index (κ2) is 7.59. The highest BCUT2D eigenvalue weighted by atomic mass is 35.5. The fourth-order valence-electron chi connectivity index (χ4n) is 1.44. The molecular formula is C14H21ClN2O3. The Balaban J connectivity index is 2.29. The van der Waals surface area contributed by atoms with Gasteiger partial charge in [-0.15, -0.1) is 0 Å². The number of carbonyl (C=O) groups is 1. The molecule has 0 radical (unpaired) electrons. The molecule has 1 aromatic carbocycles. The second-order valence-corrected chi connectivity index (χ2v) is 5.54. The van der Waals surface area contributed by atoms with Gasteiger partial charge in [-0.2, -0.15) is 0 Å². The lowest BCUT2D eigenvalue weighted by Gasteiger charge is -2.24. The van der Waals surface area contributed by atoms with Crippen LogP contribution >= 0.6 is 11.6 Å². The highest BCUT2D eigenvalue weighted by Gasteiger charge is 2.24. The maximum Gasteiger partial charge on any atom is 0.237 e. The highest BCUT2D eigenvalue weighted by Crippen LogP contribution is 2.15. The average molecular weight is 301 g/mol. The number of aliphatic hydroxyl groups is 1. The number of amides is 1. The van der Waals surface area contributed by atoms with Crippen LogP contribution in [-0.4, -0.2) is 35.8 Å². The zero-order valence-electron chi connectivity index (χ0n) is 11.7. The van der Waals surface area contributed by atoms with Gasteiger partial charge >= 0.3 is 0 Å². The predicted molar refractivity (Wildman–Crippen MR) is 78.4 cm³/mol. The van der Waals surface area contributed by atoms with Crippen molar-refractivity contribution in [1.29, 1.82) is 0 Å². The quantitative estimate of drug-likeness (QED) is 0.670. The van der Waals surface area contributed by atoms with Gasteiger partial charge in [0.15, 0.2) is 0 Å². The first-order valence-electron chi connectivity index (χ1n) is 6.37. The number of hydrogen-bond donors (Lipinski definition) is 3. The standard InChI is InChI=1S/C14H21ClN2O3/c1-14(2,13(16)19)17-7-11(18)9-20-8-10-5-3-4-6-12(10)15/h3-6,11,17-18H,7-9H2,1-2H3,(H2,16,19). The zero-order chi connectivity index (χ0) is 15.2. The van der Waals surface area contributed by atoms with Crippen LogP contribution in [0.4, 0.5) is 0 Å². The summed E-state index contributed by atoms with van der Waals surface area (Å²) in [5.41, 5.74) is 5.23. The van der Waals surface area contributed by atoms with E-state index in [2.05, 4.69) is 5.32 Å². The van der Waals surface area contributed by atoms with Crippen LogP contribution in [0.2, 0.25) is 5.02 Å². The van der Waals surface area contributed by atoms with Gasteiger partial charge in [0.05, 0.1) is 24.9 Å². The molecule has 1 rings (SSSR count). The number of halogens is 1. The third kappa shape index (κ3) is 5.46. The molecule has 0 saturated heterocycles. The summed E-state index contributed by atoms with van der Waals surface area (Å²) >= 11 is 5.99. The summed E-state index contributed by atoms with van der Waals surface area (Å²) in [6, 6.07) is 7.37. The Morgan fingerprint density at radius 2 is 2.15 bits per heavy atom. The third-order valence-corrected chi connectivity index (χ3v) is 3.29. The first-order chi connectivity index (χ1) is 9.33. The molecule has 20 heavy (non-hydrogen) atoms.